The molecule has 6 heteroatoms. The first-order valence-electron chi connectivity index (χ1n) is 11.9. The van der Waals surface area contributed by atoms with Gasteiger partial charge in [-0.2, -0.15) is 0 Å². The van der Waals surface area contributed by atoms with Gasteiger partial charge in [0.2, 0.25) is 11.8 Å². The molecule has 2 saturated heterocycles. The van der Waals surface area contributed by atoms with Crippen LogP contribution in [0.25, 0.3) is 0 Å². The molecule has 2 aromatic carbocycles. The summed E-state index contributed by atoms with van der Waals surface area (Å²) >= 11 is 0. The first kappa shape index (κ1) is 23.0. The van der Waals surface area contributed by atoms with Gasteiger partial charge in [-0.1, -0.05) is 35.4 Å². The Hall–Kier alpha value is -3.15. The minimum absolute atomic E-state index is 0.00981. The molecule has 1 atom stereocenters. The van der Waals surface area contributed by atoms with E-state index in [0.29, 0.717) is 44.6 Å². The van der Waals surface area contributed by atoms with E-state index < -0.39 is 0 Å². The number of aryl methyl sites for hydroxylation is 2. The number of likely N-dealkylation sites (tertiary alicyclic amines) is 2. The summed E-state index contributed by atoms with van der Waals surface area (Å²) in [5.74, 6) is -0.0897. The molecule has 1 unspecified atom stereocenters. The van der Waals surface area contributed by atoms with Crippen LogP contribution in [0.1, 0.15) is 47.2 Å². The molecule has 2 fully saturated rings. The Morgan fingerprint density at radius 3 is 2.15 bits per heavy atom. The van der Waals surface area contributed by atoms with Crippen molar-refractivity contribution in [1.82, 2.24) is 9.80 Å². The Balaban J connectivity index is 1.31. The largest absolute Gasteiger partial charge is 0.342 e. The van der Waals surface area contributed by atoms with Gasteiger partial charge in [-0.05, 0) is 63.8 Å². The average Bonchev–Trinajstić information content (AvgIpc) is 2.83. The van der Waals surface area contributed by atoms with Gasteiger partial charge in [0.1, 0.15) is 0 Å². The summed E-state index contributed by atoms with van der Waals surface area (Å²) in [4.78, 5) is 42.6. The predicted octanol–water partition coefficient (Wildman–Crippen LogP) is 4.03. The van der Waals surface area contributed by atoms with Crippen LogP contribution in [0.2, 0.25) is 0 Å². The van der Waals surface area contributed by atoms with E-state index in [1.165, 1.54) is 0 Å². The van der Waals surface area contributed by atoms with Crippen molar-refractivity contribution in [1.29, 1.82) is 0 Å². The standard InChI is InChI=1S/C27H33N3O3/c1-19-15-20(2)17-23(16-19)27(33)30-12-6-7-22(18-30)26(32)29-13-10-21(11-14-29)25(31)28-24-8-4-3-5-9-24/h3-5,8-9,15-17,21-22H,6-7,10-14,18H2,1-2H3,(H,28,31). The first-order chi connectivity index (χ1) is 15.9. The molecule has 2 heterocycles. The maximum Gasteiger partial charge on any atom is 0.253 e. The molecule has 33 heavy (non-hydrogen) atoms. The van der Waals surface area contributed by atoms with Crippen molar-refractivity contribution in [3.63, 3.8) is 0 Å². The van der Waals surface area contributed by atoms with Crippen molar-refractivity contribution in [2.24, 2.45) is 11.8 Å². The number of carbonyl (C=O) groups is 3. The van der Waals surface area contributed by atoms with Crippen molar-refractivity contribution in [2.75, 3.05) is 31.5 Å². The highest BCUT2D eigenvalue weighted by atomic mass is 16.2. The zero-order chi connectivity index (χ0) is 23.4. The van der Waals surface area contributed by atoms with E-state index in [-0.39, 0.29) is 29.6 Å². The van der Waals surface area contributed by atoms with Gasteiger partial charge in [-0.3, -0.25) is 14.4 Å². The van der Waals surface area contributed by atoms with Crippen molar-refractivity contribution in [3.05, 3.63) is 65.2 Å². The van der Waals surface area contributed by atoms with E-state index in [2.05, 4.69) is 11.4 Å². The van der Waals surface area contributed by atoms with Crippen molar-refractivity contribution >= 4 is 23.4 Å². The van der Waals surface area contributed by atoms with Crippen LogP contribution in [-0.2, 0) is 9.59 Å². The molecular formula is C27H33N3O3. The van der Waals surface area contributed by atoms with E-state index in [0.717, 1.165) is 29.7 Å². The molecule has 0 saturated carbocycles. The summed E-state index contributed by atoms with van der Waals surface area (Å²) in [6.45, 7) is 6.34. The van der Waals surface area contributed by atoms with Crippen LogP contribution in [0, 0.1) is 25.7 Å². The zero-order valence-corrected chi connectivity index (χ0v) is 19.5. The van der Waals surface area contributed by atoms with Crippen molar-refractivity contribution < 1.29 is 14.4 Å². The van der Waals surface area contributed by atoms with E-state index >= 15 is 0 Å². The summed E-state index contributed by atoms with van der Waals surface area (Å²) in [6, 6.07) is 15.4. The second-order valence-electron chi connectivity index (χ2n) is 9.42. The molecule has 2 aliphatic rings. The van der Waals surface area contributed by atoms with E-state index in [4.69, 9.17) is 0 Å². The maximum absolute atomic E-state index is 13.2. The number of benzene rings is 2. The number of hydrogen-bond acceptors (Lipinski definition) is 3. The molecule has 0 spiro atoms. The topological polar surface area (TPSA) is 69.7 Å². The van der Waals surface area contributed by atoms with Gasteiger partial charge >= 0.3 is 0 Å². The summed E-state index contributed by atoms with van der Waals surface area (Å²) < 4.78 is 0. The lowest BCUT2D eigenvalue weighted by Gasteiger charge is -2.37. The van der Waals surface area contributed by atoms with Gasteiger partial charge in [0, 0.05) is 43.3 Å². The third-order valence-corrected chi connectivity index (χ3v) is 6.75. The molecule has 6 nitrogen and oxygen atoms in total. The van der Waals surface area contributed by atoms with Crippen LogP contribution in [0.4, 0.5) is 5.69 Å². The van der Waals surface area contributed by atoms with Gasteiger partial charge < -0.3 is 15.1 Å². The van der Waals surface area contributed by atoms with Gasteiger partial charge in [0.15, 0.2) is 0 Å². The van der Waals surface area contributed by atoms with Crippen LogP contribution >= 0.6 is 0 Å². The quantitative estimate of drug-likeness (QED) is 0.769. The van der Waals surface area contributed by atoms with Crippen molar-refractivity contribution in [3.8, 4) is 0 Å². The fraction of sp³-hybridized carbons (Fsp3) is 0.444. The predicted molar refractivity (Wildman–Crippen MR) is 129 cm³/mol. The smallest absolute Gasteiger partial charge is 0.253 e. The molecule has 0 bridgehead atoms. The van der Waals surface area contributed by atoms with Crippen LogP contribution in [0.3, 0.4) is 0 Å². The Morgan fingerprint density at radius 1 is 0.818 bits per heavy atom. The maximum atomic E-state index is 13.2. The Kier molecular flexibility index (Phi) is 7.11. The number of rotatable bonds is 4. The molecule has 0 aromatic heterocycles. The fourth-order valence-electron chi connectivity index (χ4n) is 5.03. The molecule has 2 aliphatic heterocycles. The summed E-state index contributed by atoms with van der Waals surface area (Å²) in [7, 11) is 0. The van der Waals surface area contributed by atoms with E-state index in [1.807, 2.05) is 66.1 Å². The lowest BCUT2D eigenvalue weighted by Crippen LogP contribution is -2.49. The van der Waals surface area contributed by atoms with Gasteiger partial charge in [-0.15, -0.1) is 0 Å². The molecule has 1 N–H and O–H groups in total. The van der Waals surface area contributed by atoms with Gasteiger partial charge in [-0.25, -0.2) is 0 Å². The molecule has 3 amide bonds. The third-order valence-electron chi connectivity index (χ3n) is 6.75. The number of anilines is 1. The monoisotopic (exact) mass is 447 g/mol. The number of hydrogen-bond donors (Lipinski definition) is 1. The number of nitrogens with zero attached hydrogens (tertiary/aromatic N) is 2. The second kappa shape index (κ2) is 10.2. The van der Waals surface area contributed by atoms with Gasteiger partial charge in [0.25, 0.3) is 5.91 Å². The molecule has 4 rings (SSSR count). The van der Waals surface area contributed by atoms with Crippen LogP contribution in [0.5, 0.6) is 0 Å². The Bertz CT molecular complexity index is 992. The average molecular weight is 448 g/mol. The number of nitrogens with one attached hydrogen (secondary N) is 1. The van der Waals surface area contributed by atoms with E-state index in [9.17, 15) is 14.4 Å². The number of para-hydroxylation sites is 1. The highest BCUT2D eigenvalue weighted by molar-refractivity contribution is 5.95. The highest BCUT2D eigenvalue weighted by Gasteiger charge is 2.34. The van der Waals surface area contributed by atoms with Crippen LogP contribution in [-0.4, -0.2) is 53.7 Å². The van der Waals surface area contributed by atoms with Crippen LogP contribution < -0.4 is 5.32 Å². The number of carbonyl (C=O) groups excluding carboxylic acids is 3. The Morgan fingerprint density at radius 2 is 1.48 bits per heavy atom. The normalized spacial score (nSPS) is 19.3. The minimum atomic E-state index is -0.164. The summed E-state index contributed by atoms with van der Waals surface area (Å²) in [5, 5.41) is 2.97. The summed E-state index contributed by atoms with van der Waals surface area (Å²) in [6.07, 6.45) is 2.98. The zero-order valence-electron chi connectivity index (χ0n) is 19.5. The highest BCUT2D eigenvalue weighted by Crippen LogP contribution is 2.25. The summed E-state index contributed by atoms with van der Waals surface area (Å²) in [5.41, 5.74) is 3.65. The van der Waals surface area contributed by atoms with E-state index in [1.54, 1.807) is 0 Å². The first-order valence-corrected chi connectivity index (χ1v) is 11.9. The van der Waals surface area contributed by atoms with Gasteiger partial charge in [0.05, 0.1) is 5.92 Å². The lowest BCUT2D eigenvalue weighted by molar-refractivity contribution is -0.139. The SMILES string of the molecule is Cc1cc(C)cc(C(=O)N2CCCC(C(=O)N3CCC(C(=O)Nc4ccccc4)CC3)C2)c1. The lowest BCUT2D eigenvalue weighted by atomic mass is 9.92. The Labute approximate surface area is 196 Å². The molecule has 0 radical (unpaired) electrons. The molecule has 0 aliphatic carbocycles. The fourth-order valence-corrected chi connectivity index (χ4v) is 5.03. The molecular weight excluding hydrogens is 414 g/mol. The third kappa shape index (κ3) is 5.62. The molecule has 2 aromatic rings. The number of piperidine rings is 2. The molecule has 174 valence electrons. The number of amides is 3. The minimum Gasteiger partial charge on any atom is -0.342 e. The van der Waals surface area contributed by atoms with Crippen LogP contribution in [0.15, 0.2) is 48.5 Å². The van der Waals surface area contributed by atoms with Crippen molar-refractivity contribution in [2.45, 2.75) is 39.5 Å². The second-order valence-corrected chi connectivity index (χ2v) is 9.42.